The number of hydrogen-bond acceptors (Lipinski definition) is 3. The molecule has 1 fully saturated rings. The number of hydrogen-bond donors (Lipinski definition) is 2. The van der Waals surface area contributed by atoms with E-state index in [2.05, 4.69) is 10.6 Å². The summed E-state index contributed by atoms with van der Waals surface area (Å²) >= 11 is 5.59. The van der Waals surface area contributed by atoms with Crippen LogP contribution in [0, 0.1) is 0 Å². The van der Waals surface area contributed by atoms with Crippen LogP contribution >= 0.6 is 11.6 Å². The summed E-state index contributed by atoms with van der Waals surface area (Å²) in [6, 6.07) is 3.46. The number of nitrogens with one attached hydrogen (secondary N) is 2. The topological polar surface area (TPSA) is 61.4 Å². The molecule has 5 nitrogen and oxygen atoms in total. The molecule has 1 aliphatic heterocycles. The van der Waals surface area contributed by atoms with Gasteiger partial charge in [-0.1, -0.05) is 24.6 Å². The van der Waals surface area contributed by atoms with Crippen molar-refractivity contribution in [2.45, 2.75) is 38.4 Å². The number of likely N-dealkylation sites (tertiary alicyclic amines) is 1. The van der Waals surface area contributed by atoms with Gasteiger partial charge in [0.05, 0.1) is 17.1 Å². The Morgan fingerprint density at radius 3 is 2.59 bits per heavy atom. The van der Waals surface area contributed by atoms with Crippen LogP contribution in [-0.4, -0.2) is 48.9 Å². The van der Waals surface area contributed by atoms with Gasteiger partial charge in [0.2, 0.25) is 11.8 Å². The zero-order chi connectivity index (χ0) is 21.4. The second kappa shape index (κ2) is 10.6. The number of rotatable bonds is 7. The molecule has 0 spiro atoms. The highest BCUT2D eigenvalue weighted by Crippen LogP contribution is 2.35. The van der Waals surface area contributed by atoms with E-state index in [4.69, 9.17) is 11.6 Å². The third kappa shape index (κ3) is 7.70. The van der Waals surface area contributed by atoms with Crippen LogP contribution in [0.4, 0.5) is 13.2 Å². The van der Waals surface area contributed by atoms with Gasteiger partial charge in [-0.25, -0.2) is 0 Å². The molecule has 29 heavy (non-hydrogen) atoms. The van der Waals surface area contributed by atoms with Crippen LogP contribution in [0.5, 0.6) is 0 Å². The van der Waals surface area contributed by atoms with E-state index in [1.807, 2.05) is 11.8 Å². The first-order chi connectivity index (χ1) is 13.7. The van der Waals surface area contributed by atoms with E-state index in [9.17, 15) is 22.8 Å². The highest BCUT2D eigenvalue weighted by atomic mass is 35.5. The highest BCUT2D eigenvalue weighted by molar-refractivity contribution is 6.31. The fourth-order valence-electron chi connectivity index (χ4n) is 3.04. The molecule has 0 atom stereocenters. The molecular weight excluding hydrogens is 407 g/mol. The van der Waals surface area contributed by atoms with E-state index in [-0.39, 0.29) is 28.4 Å². The van der Waals surface area contributed by atoms with Gasteiger partial charge in [-0.3, -0.25) is 14.5 Å². The Morgan fingerprint density at radius 2 is 1.97 bits per heavy atom. The maximum Gasteiger partial charge on any atom is 0.417 e. The van der Waals surface area contributed by atoms with Crippen molar-refractivity contribution in [1.29, 1.82) is 0 Å². The molecule has 1 aliphatic rings. The zero-order valence-electron chi connectivity index (χ0n) is 16.2. The molecular formula is C20H25ClF3N3O2. The molecule has 0 aliphatic carbocycles. The molecule has 0 aromatic heterocycles. The van der Waals surface area contributed by atoms with E-state index in [0.717, 1.165) is 18.6 Å². The minimum absolute atomic E-state index is 0.00143. The van der Waals surface area contributed by atoms with Gasteiger partial charge in [-0.05, 0) is 43.0 Å². The SMILES string of the molecule is CCCNC(=O)CN1CCC(NC(=O)/C=C/c2ccc(Cl)c(C(F)(F)F)c2)CC1. The van der Waals surface area contributed by atoms with Crippen molar-refractivity contribution in [3.63, 3.8) is 0 Å². The van der Waals surface area contributed by atoms with E-state index in [0.29, 0.717) is 39.0 Å². The number of nitrogens with zero attached hydrogens (tertiary/aromatic N) is 1. The predicted octanol–water partition coefficient (Wildman–Crippen LogP) is 3.48. The molecule has 9 heteroatoms. The number of piperidine rings is 1. The summed E-state index contributed by atoms with van der Waals surface area (Å²) in [6.07, 6.45) is 0.299. The van der Waals surface area contributed by atoms with Gasteiger partial charge in [-0.2, -0.15) is 13.2 Å². The molecule has 1 heterocycles. The van der Waals surface area contributed by atoms with Gasteiger partial charge in [0.1, 0.15) is 0 Å². The third-order valence-corrected chi connectivity index (χ3v) is 4.93. The lowest BCUT2D eigenvalue weighted by atomic mass is 10.0. The minimum atomic E-state index is -4.55. The van der Waals surface area contributed by atoms with Crippen molar-refractivity contribution in [2.75, 3.05) is 26.2 Å². The highest BCUT2D eigenvalue weighted by Gasteiger charge is 2.33. The summed E-state index contributed by atoms with van der Waals surface area (Å²) in [5, 5.41) is 5.31. The number of alkyl halides is 3. The lowest BCUT2D eigenvalue weighted by molar-refractivity contribution is -0.137. The Labute approximate surface area is 173 Å². The fourth-order valence-corrected chi connectivity index (χ4v) is 3.27. The van der Waals surface area contributed by atoms with E-state index in [1.165, 1.54) is 18.2 Å². The first-order valence-corrected chi connectivity index (χ1v) is 9.91. The second-order valence-electron chi connectivity index (χ2n) is 6.98. The number of amides is 2. The Balaban J connectivity index is 1.81. The Bertz CT molecular complexity index is 745. The summed E-state index contributed by atoms with van der Waals surface area (Å²) in [4.78, 5) is 25.9. The van der Waals surface area contributed by atoms with Crippen molar-refractivity contribution >= 4 is 29.5 Å². The second-order valence-corrected chi connectivity index (χ2v) is 7.39. The summed E-state index contributed by atoms with van der Waals surface area (Å²) in [5.74, 6) is -0.369. The number of halogens is 4. The quantitative estimate of drug-likeness (QED) is 0.650. The van der Waals surface area contributed by atoms with E-state index >= 15 is 0 Å². The molecule has 1 aromatic carbocycles. The molecule has 2 rings (SSSR count). The van der Waals surface area contributed by atoms with Crippen molar-refractivity contribution in [3.8, 4) is 0 Å². The van der Waals surface area contributed by atoms with Crippen LogP contribution < -0.4 is 10.6 Å². The Morgan fingerprint density at radius 1 is 1.28 bits per heavy atom. The summed E-state index contributed by atoms with van der Waals surface area (Å²) in [5.41, 5.74) is -0.693. The normalized spacial score (nSPS) is 16.2. The monoisotopic (exact) mass is 431 g/mol. The smallest absolute Gasteiger partial charge is 0.355 e. The maximum absolute atomic E-state index is 12.9. The molecule has 0 saturated carbocycles. The van der Waals surface area contributed by atoms with Gasteiger partial charge in [0, 0.05) is 31.8 Å². The van der Waals surface area contributed by atoms with Crippen LogP contribution in [0.15, 0.2) is 24.3 Å². The largest absolute Gasteiger partial charge is 0.417 e. The fraction of sp³-hybridized carbons (Fsp3) is 0.500. The minimum Gasteiger partial charge on any atom is -0.355 e. The number of carbonyl (C=O) groups excluding carboxylic acids is 2. The average molecular weight is 432 g/mol. The number of carbonyl (C=O) groups is 2. The van der Waals surface area contributed by atoms with E-state index < -0.39 is 11.7 Å². The van der Waals surface area contributed by atoms with Crippen LogP contribution in [0.2, 0.25) is 5.02 Å². The summed E-state index contributed by atoms with van der Waals surface area (Å²) in [6.45, 7) is 4.39. The van der Waals surface area contributed by atoms with Gasteiger partial charge in [0.25, 0.3) is 0 Å². The Kier molecular flexibility index (Phi) is 8.52. The van der Waals surface area contributed by atoms with Gasteiger partial charge < -0.3 is 10.6 Å². The molecule has 2 amide bonds. The van der Waals surface area contributed by atoms with Gasteiger partial charge in [0.15, 0.2) is 0 Å². The summed E-state index contributed by atoms with van der Waals surface area (Å²) < 4.78 is 38.7. The molecule has 1 saturated heterocycles. The van der Waals surface area contributed by atoms with Crippen molar-refractivity contribution in [3.05, 3.63) is 40.4 Å². The van der Waals surface area contributed by atoms with Crippen LogP contribution in [0.25, 0.3) is 6.08 Å². The van der Waals surface area contributed by atoms with Crippen LogP contribution in [-0.2, 0) is 15.8 Å². The molecule has 0 unspecified atom stereocenters. The molecule has 160 valence electrons. The molecule has 1 aromatic rings. The lowest BCUT2D eigenvalue weighted by Crippen LogP contribution is -2.47. The predicted molar refractivity (Wildman–Crippen MR) is 106 cm³/mol. The Hall–Kier alpha value is -2.06. The summed E-state index contributed by atoms with van der Waals surface area (Å²) in [7, 11) is 0. The molecule has 0 radical (unpaired) electrons. The third-order valence-electron chi connectivity index (χ3n) is 4.60. The first-order valence-electron chi connectivity index (χ1n) is 9.53. The van der Waals surface area contributed by atoms with Gasteiger partial charge in [-0.15, -0.1) is 0 Å². The first kappa shape index (κ1) is 23.2. The van der Waals surface area contributed by atoms with Gasteiger partial charge >= 0.3 is 6.18 Å². The zero-order valence-corrected chi connectivity index (χ0v) is 16.9. The van der Waals surface area contributed by atoms with Crippen molar-refractivity contribution in [2.24, 2.45) is 0 Å². The van der Waals surface area contributed by atoms with Crippen LogP contribution in [0.3, 0.4) is 0 Å². The van der Waals surface area contributed by atoms with Crippen molar-refractivity contribution in [1.82, 2.24) is 15.5 Å². The molecule has 2 N–H and O–H groups in total. The lowest BCUT2D eigenvalue weighted by Gasteiger charge is -2.31. The number of benzene rings is 1. The maximum atomic E-state index is 12.9. The van der Waals surface area contributed by atoms with Crippen molar-refractivity contribution < 1.29 is 22.8 Å². The molecule has 0 bridgehead atoms. The van der Waals surface area contributed by atoms with E-state index in [1.54, 1.807) is 0 Å². The average Bonchev–Trinajstić information content (AvgIpc) is 2.66. The standard InChI is InChI=1S/C20H25ClF3N3O2/c1-2-9-25-19(29)13-27-10-7-15(8-11-27)26-18(28)6-4-14-3-5-17(21)16(12-14)20(22,23)24/h3-6,12,15H,2,7-11,13H2,1H3,(H,25,29)(H,26,28)/b6-4+. The van der Waals surface area contributed by atoms with Crippen LogP contribution in [0.1, 0.15) is 37.3 Å².